The molecule has 0 saturated heterocycles. The maximum Gasteiger partial charge on any atom is 0.0299 e. The summed E-state index contributed by atoms with van der Waals surface area (Å²) in [4.78, 5) is 1.37. The van der Waals surface area contributed by atoms with Gasteiger partial charge in [-0.1, -0.05) is 5.57 Å². The molecule has 0 aliphatic rings. The lowest BCUT2D eigenvalue weighted by Crippen LogP contribution is -2.21. The molecule has 0 aliphatic heterocycles. The van der Waals surface area contributed by atoms with E-state index < -0.39 is 0 Å². The van der Waals surface area contributed by atoms with Gasteiger partial charge in [0.05, 0.1) is 0 Å². The first kappa shape index (κ1) is 10.5. The van der Waals surface area contributed by atoms with Crippen LogP contribution in [0.4, 0.5) is 0 Å². The lowest BCUT2D eigenvalue weighted by molar-refractivity contribution is 0.696. The van der Waals surface area contributed by atoms with Gasteiger partial charge in [-0.2, -0.15) is 0 Å². The van der Waals surface area contributed by atoms with E-state index >= 15 is 0 Å². The first-order valence-corrected chi connectivity index (χ1v) is 5.42. The first-order chi connectivity index (χ1) is 6.15. The average molecular weight is 195 g/mol. The summed E-state index contributed by atoms with van der Waals surface area (Å²) in [5, 5.41) is 5.37. The Kier molecular flexibility index (Phi) is 3.70. The van der Waals surface area contributed by atoms with Crippen molar-refractivity contribution in [2.75, 3.05) is 7.05 Å². The summed E-state index contributed by atoms with van der Waals surface area (Å²) in [6.45, 7) is 6.49. The lowest BCUT2D eigenvalue weighted by Gasteiger charge is -2.10. The quantitative estimate of drug-likeness (QED) is 0.781. The summed E-state index contributed by atoms with van der Waals surface area (Å²) in [5.41, 5.74) is 2.75. The minimum atomic E-state index is 0.460. The van der Waals surface area contributed by atoms with Gasteiger partial charge in [0, 0.05) is 10.9 Å². The highest BCUT2D eigenvalue weighted by atomic mass is 32.1. The van der Waals surface area contributed by atoms with Gasteiger partial charge in [0.25, 0.3) is 0 Å². The summed E-state index contributed by atoms with van der Waals surface area (Å²) in [6.07, 6.45) is 2.27. The molecular weight excluding hydrogens is 178 g/mol. The van der Waals surface area contributed by atoms with E-state index in [1.165, 1.54) is 16.0 Å². The van der Waals surface area contributed by atoms with E-state index in [1.54, 1.807) is 11.3 Å². The van der Waals surface area contributed by atoms with Crippen LogP contribution in [0.15, 0.2) is 17.0 Å². The molecule has 0 bridgehead atoms. The fourth-order valence-corrected chi connectivity index (χ4v) is 2.02. The zero-order valence-corrected chi connectivity index (χ0v) is 9.53. The van der Waals surface area contributed by atoms with Crippen LogP contribution < -0.4 is 5.32 Å². The Labute approximate surface area is 84.5 Å². The maximum absolute atomic E-state index is 3.23. The third-order valence-electron chi connectivity index (χ3n) is 2.38. The van der Waals surface area contributed by atoms with Crippen LogP contribution in [0.5, 0.6) is 0 Å². The summed E-state index contributed by atoms with van der Waals surface area (Å²) >= 11 is 1.80. The average Bonchev–Trinajstić information content (AvgIpc) is 2.50. The third-order valence-corrected chi connectivity index (χ3v) is 3.34. The second-order valence-corrected chi connectivity index (χ2v) is 4.31. The van der Waals surface area contributed by atoms with Crippen LogP contribution in [0.2, 0.25) is 0 Å². The molecule has 0 saturated carbocycles. The molecule has 0 spiro atoms. The molecule has 1 unspecified atom stereocenters. The number of aryl methyl sites for hydroxylation is 1. The Bertz CT molecular complexity index is 299. The molecule has 72 valence electrons. The molecule has 1 rings (SSSR count). The first-order valence-electron chi connectivity index (χ1n) is 4.54. The maximum atomic E-state index is 3.23. The molecule has 1 heterocycles. The van der Waals surface area contributed by atoms with E-state index in [0.717, 1.165) is 0 Å². The van der Waals surface area contributed by atoms with Crippen molar-refractivity contribution >= 4 is 17.4 Å². The molecule has 1 nitrogen and oxygen atoms in total. The standard InChI is InChI=1S/C11H17NS/c1-8-5-6-13-11(8)7-9(2)10(3)12-4/h5-7,10,12H,1-4H3/b9-7+. The smallest absolute Gasteiger partial charge is 0.0299 e. The van der Waals surface area contributed by atoms with Crippen LogP contribution >= 0.6 is 11.3 Å². The van der Waals surface area contributed by atoms with Gasteiger partial charge < -0.3 is 5.32 Å². The third kappa shape index (κ3) is 2.68. The Balaban J connectivity index is 2.82. The molecule has 1 N–H and O–H groups in total. The second-order valence-electron chi connectivity index (χ2n) is 3.37. The van der Waals surface area contributed by atoms with Gasteiger partial charge >= 0.3 is 0 Å². The van der Waals surface area contributed by atoms with Crippen LogP contribution in [0, 0.1) is 6.92 Å². The zero-order chi connectivity index (χ0) is 9.84. The Morgan fingerprint density at radius 3 is 2.77 bits per heavy atom. The molecule has 1 aromatic heterocycles. The van der Waals surface area contributed by atoms with Crippen molar-refractivity contribution in [3.63, 3.8) is 0 Å². The fourth-order valence-electron chi connectivity index (χ4n) is 1.09. The number of nitrogens with one attached hydrogen (secondary N) is 1. The Morgan fingerprint density at radius 2 is 2.31 bits per heavy atom. The molecule has 1 atom stereocenters. The molecule has 0 radical (unpaired) electrons. The van der Waals surface area contributed by atoms with Crippen molar-refractivity contribution in [3.8, 4) is 0 Å². The molecule has 0 aliphatic carbocycles. The van der Waals surface area contributed by atoms with E-state index in [1.807, 2.05) is 7.05 Å². The molecule has 0 fully saturated rings. The van der Waals surface area contributed by atoms with Gasteiger partial charge in [-0.25, -0.2) is 0 Å². The van der Waals surface area contributed by atoms with Crippen molar-refractivity contribution in [1.82, 2.24) is 5.32 Å². The van der Waals surface area contributed by atoms with Crippen LogP contribution in [0.25, 0.3) is 6.08 Å². The van der Waals surface area contributed by atoms with Gasteiger partial charge in [-0.05, 0) is 50.9 Å². The van der Waals surface area contributed by atoms with Crippen LogP contribution in [0.1, 0.15) is 24.3 Å². The highest BCUT2D eigenvalue weighted by molar-refractivity contribution is 7.11. The van der Waals surface area contributed by atoms with Gasteiger partial charge in [0.1, 0.15) is 0 Å². The van der Waals surface area contributed by atoms with Crippen molar-refractivity contribution < 1.29 is 0 Å². The number of rotatable bonds is 3. The SMILES string of the molecule is CNC(C)/C(C)=C/c1sccc1C. The Hall–Kier alpha value is -0.600. The topological polar surface area (TPSA) is 12.0 Å². The van der Waals surface area contributed by atoms with E-state index in [2.05, 4.69) is 43.6 Å². The monoisotopic (exact) mass is 195 g/mol. The second kappa shape index (κ2) is 4.58. The minimum Gasteiger partial charge on any atom is -0.314 e. The predicted molar refractivity (Wildman–Crippen MR) is 61.2 cm³/mol. The summed E-state index contributed by atoms with van der Waals surface area (Å²) in [6, 6.07) is 2.62. The van der Waals surface area contributed by atoms with Crippen molar-refractivity contribution in [2.45, 2.75) is 26.8 Å². The summed E-state index contributed by atoms with van der Waals surface area (Å²) in [5.74, 6) is 0. The minimum absolute atomic E-state index is 0.460. The highest BCUT2D eigenvalue weighted by Crippen LogP contribution is 2.19. The van der Waals surface area contributed by atoms with Gasteiger partial charge in [-0.15, -0.1) is 11.3 Å². The van der Waals surface area contributed by atoms with E-state index in [0.29, 0.717) is 6.04 Å². The molecule has 0 amide bonds. The molecule has 0 aromatic carbocycles. The van der Waals surface area contributed by atoms with Crippen molar-refractivity contribution in [2.24, 2.45) is 0 Å². The van der Waals surface area contributed by atoms with Crippen molar-refractivity contribution in [1.29, 1.82) is 0 Å². The highest BCUT2D eigenvalue weighted by Gasteiger charge is 2.02. The molecule has 2 heteroatoms. The lowest BCUT2D eigenvalue weighted by atomic mass is 10.1. The fraction of sp³-hybridized carbons (Fsp3) is 0.455. The van der Waals surface area contributed by atoms with Gasteiger partial charge in [0.15, 0.2) is 0 Å². The van der Waals surface area contributed by atoms with E-state index in [-0.39, 0.29) is 0 Å². The molecular formula is C11H17NS. The number of hydrogen-bond acceptors (Lipinski definition) is 2. The summed E-state index contributed by atoms with van der Waals surface area (Å²) < 4.78 is 0. The van der Waals surface area contributed by atoms with Crippen LogP contribution in [-0.4, -0.2) is 13.1 Å². The number of likely N-dealkylation sites (N-methyl/N-ethyl adjacent to an activating group) is 1. The number of hydrogen-bond donors (Lipinski definition) is 1. The predicted octanol–water partition coefficient (Wildman–Crippen LogP) is 3.07. The largest absolute Gasteiger partial charge is 0.314 e. The Morgan fingerprint density at radius 1 is 1.62 bits per heavy atom. The molecule has 1 aromatic rings. The normalized spacial score (nSPS) is 14.6. The van der Waals surface area contributed by atoms with E-state index in [9.17, 15) is 0 Å². The van der Waals surface area contributed by atoms with Crippen LogP contribution in [0.3, 0.4) is 0 Å². The van der Waals surface area contributed by atoms with Gasteiger partial charge in [-0.3, -0.25) is 0 Å². The zero-order valence-electron chi connectivity index (χ0n) is 8.72. The van der Waals surface area contributed by atoms with Gasteiger partial charge in [0.2, 0.25) is 0 Å². The number of thiophene rings is 1. The van der Waals surface area contributed by atoms with E-state index in [4.69, 9.17) is 0 Å². The summed E-state index contributed by atoms with van der Waals surface area (Å²) in [7, 11) is 1.99. The van der Waals surface area contributed by atoms with Crippen LogP contribution in [-0.2, 0) is 0 Å². The molecule has 13 heavy (non-hydrogen) atoms. The van der Waals surface area contributed by atoms with Crippen molar-refractivity contribution in [3.05, 3.63) is 27.5 Å².